The third kappa shape index (κ3) is 4.22. The highest BCUT2D eigenvalue weighted by molar-refractivity contribution is 7.99. The topological polar surface area (TPSA) is 58.6 Å². The maximum Gasteiger partial charge on any atom is 0.243 e. The molecule has 0 saturated carbocycles. The Morgan fingerprint density at radius 3 is 2.76 bits per heavy atom. The summed E-state index contributed by atoms with van der Waals surface area (Å²) < 4.78 is 1.97. The molecular weight excluding hydrogens is 327 g/mol. The van der Waals surface area contributed by atoms with Crippen LogP contribution in [0.3, 0.4) is 0 Å². The van der Waals surface area contributed by atoms with Crippen LogP contribution in [0.2, 0.25) is 0 Å². The molecule has 108 valence electrons. The summed E-state index contributed by atoms with van der Waals surface area (Å²) in [6.45, 7) is 0.548. The van der Waals surface area contributed by atoms with Crippen molar-refractivity contribution >= 4 is 51.8 Å². The van der Waals surface area contributed by atoms with Crippen molar-refractivity contribution in [1.82, 2.24) is 9.97 Å². The van der Waals surface area contributed by atoms with Crippen LogP contribution in [0.1, 0.15) is 0 Å². The highest BCUT2D eigenvalue weighted by Gasteiger charge is 2.15. The van der Waals surface area contributed by atoms with Crippen LogP contribution in [0.25, 0.3) is 11.0 Å². The lowest BCUT2D eigenvalue weighted by atomic mass is 10.4. The van der Waals surface area contributed by atoms with Gasteiger partial charge in [0.05, 0.1) is 17.5 Å². The number of nitrogen functional groups attached to an aromatic ring is 1. The van der Waals surface area contributed by atoms with Crippen LogP contribution < -0.4 is 10.3 Å². The number of pyridine rings is 1. The van der Waals surface area contributed by atoms with Crippen molar-refractivity contribution in [2.45, 2.75) is 11.6 Å². The quantitative estimate of drug-likeness (QED) is 0.389. The van der Waals surface area contributed by atoms with E-state index in [1.165, 1.54) is 11.8 Å². The molecule has 0 amide bonds. The van der Waals surface area contributed by atoms with Crippen molar-refractivity contribution in [3.05, 3.63) is 12.4 Å². The largest absolute Gasteiger partial charge is 0.384 e. The highest BCUT2D eigenvalue weighted by atomic mass is 35.5. The Bertz CT molecular complexity index is 749. The minimum Gasteiger partial charge on any atom is -0.384 e. The number of alkyl halides is 2. The minimum absolute atomic E-state index is 0.326. The summed E-state index contributed by atoms with van der Waals surface area (Å²) in [5, 5.41) is 0.818. The molecule has 2 aromatic heterocycles. The number of hydrogen-bond acceptors (Lipinski definition) is 3. The Hall–Kier alpha value is -1.53. The summed E-state index contributed by atoms with van der Waals surface area (Å²) in [5.74, 6) is 13.3. The predicted octanol–water partition coefficient (Wildman–Crippen LogP) is 2.01. The van der Waals surface area contributed by atoms with E-state index in [1.54, 1.807) is 0 Å². The molecule has 3 N–H and O–H groups in total. The number of halogens is 2. The summed E-state index contributed by atoms with van der Waals surface area (Å²) in [7, 11) is 0. The number of anilines is 1. The first-order chi connectivity index (χ1) is 10.3. The van der Waals surface area contributed by atoms with Gasteiger partial charge in [0.25, 0.3) is 0 Å². The van der Waals surface area contributed by atoms with Gasteiger partial charge >= 0.3 is 0 Å². The Labute approximate surface area is 137 Å². The number of aromatic amines is 1. The van der Waals surface area contributed by atoms with Gasteiger partial charge in [0.2, 0.25) is 11.8 Å². The van der Waals surface area contributed by atoms with Gasteiger partial charge in [0, 0.05) is 6.07 Å². The number of H-pyrrole nitrogens is 1. The third-order valence-electron chi connectivity index (χ3n) is 2.57. The number of nitrogens with one attached hydrogen (secondary N) is 1. The second kappa shape index (κ2) is 8.05. The average molecular weight is 340 g/mol. The molecule has 0 aliphatic carbocycles. The number of aromatic nitrogens is 3. The van der Waals surface area contributed by atoms with Crippen LogP contribution in [0.15, 0.2) is 17.4 Å². The van der Waals surface area contributed by atoms with Gasteiger partial charge in [-0.3, -0.25) is 0 Å². The lowest BCUT2D eigenvalue weighted by Crippen LogP contribution is -2.31. The summed E-state index contributed by atoms with van der Waals surface area (Å²) in [5.41, 5.74) is 7.76. The van der Waals surface area contributed by atoms with Crippen molar-refractivity contribution in [3.63, 3.8) is 0 Å². The zero-order chi connectivity index (χ0) is 15.1. The average Bonchev–Trinajstić information content (AvgIpc) is 2.87. The van der Waals surface area contributed by atoms with Gasteiger partial charge in [-0.25, -0.2) is 14.5 Å². The fourth-order valence-electron chi connectivity index (χ4n) is 1.73. The number of imidazole rings is 1. The number of rotatable bonds is 3. The van der Waals surface area contributed by atoms with E-state index in [9.17, 15) is 0 Å². The van der Waals surface area contributed by atoms with Gasteiger partial charge in [0.1, 0.15) is 5.82 Å². The first kappa shape index (κ1) is 15.9. The van der Waals surface area contributed by atoms with E-state index in [0.29, 0.717) is 29.9 Å². The number of nitrogens with zero attached hydrogens (tertiary/aromatic N) is 2. The lowest BCUT2D eigenvalue weighted by molar-refractivity contribution is -0.658. The van der Waals surface area contributed by atoms with E-state index in [2.05, 4.69) is 33.6 Å². The molecule has 0 atom stereocenters. The molecule has 2 aromatic rings. The standard InChI is InChI=1S/C14H12Cl2N4S/c15-5-1-3-7-20-10-18-13-11(20)9-12(17)19-14(13)21-8-4-2-6-16/h9-10H,5-8H2,(H2,17,19)/p+1. The number of nitrogens with two attached hydrogens (primary N) is 1. The van der Waals surface area contributed by atoms with Crippen molar-refractivity contribution in [2.24, 2.45) is 0 Å². The first-order valence-electron chi connectivity index (χ1n) is 6.09. The van der Waals surface area contributed by atoms with Gasteiger partial charge in [-0.15, -0.1) is 23.2 Å². The Balaban J connectivity index is 2.30. The summed E-state index contributed by atoms with van der Waals surface area (Å²) in [6.07, 6.45) is 1.85. The second-order valence-corrected chi connectivity index (χ2v) is 5.41. The van der Waals surface area contributed by atoms with Gasteiger partial charge in [0.15, 0.2) is 17.1 Å². The molecular formula is C14H13Cl2N4S+. The fraction of sp³-hybridized carbons (Fsp3) is 0.286. The van der Waals surface area contributed by atoms with E-state index < -0.39 is 0 Å². The van der Waals surface area contributed by atoms with Gasteiger partial charge in [-0.2, -0.15) is 0 Å². The molecule has 0 spiro atoms. The Morgan fingerprint density at radius 2 is 2.00 bits per heavy atom. The van der Waals surface area contributed by atoms with Crippen LogP contribution in [0, 0.1) is 23.7 Å². The fourth-order valence-corrected chi connectivity index (χ4v) is 2.71. The summed E-state index contributed by atoms with van der Waals surface area (Å²) >= 11 is 12.6. The monoisotopic (exact) mass is 339 g/mol. The smallest absolute Gasteiger partial charge is 0.243 e. The van der Waals surface area contributed by atoms with Gasteiger partial charge < -0.3 is 5.73 Å². The number of thioether (sulfide) groups is 1. The Kier molecular flexibility index (Phi) is 6.07. The SMILES string of the molecule is Nc1cc2c([nH]c[n+]2CC#CCCl)c(SCC#CCCl)n1. The van der Waals surface area contributed by atoms with Crippen molar-refractivity contribution in [1.29, 1.82) is 0 Å². The number of hydrogen-bond donors (Lipinski definition) is 2. The second-order valence-electron chi connectivity index (χ2n) is 3.91. The van der Waals surface area contributed by atoms with Crippen molar-refractivity contribution in [2.75, 3.05) is 23.2 Å². The Morgan fingerprint density at radius 1 is 1.24 bits per heavy atom. The maximum absolute atomic E-state index is 5.87. The molecule has 0 radical (unpaired) electrons. The molecule has 0 unspecified atom stereocenters. The third-order valence-corrected chi connectivity index (χ3v) is 3.70. The molecule has 7 heteroatoms. The van der Waals surface area contributed by atoms with Crippen molar-refractivity contribution in [3.8, 4) is 23.7 Å². The van der Waals surface area contributed by atoms with E-state index in [4.69, 9.17) is 28.9 Å². The van der Waals surface area contributed by atoms with Crippen LogP contribution in [0.5, 0.6) is 0 Å². The van der Waals surface area contributed by atoms with Crippen LogP contribution in [-0.2, 0) is 6.54 Å². The molecule has 0 aliphatic rings. The first-order valence-corrected chi connectivity index (χ1v) is 8.15. The van der Waals surface area contributed by atoms with Gasteiger partial charge in [-0.05, 0) is 0 Å². The van der Waals surface area contributed by atoms with E-state index in [-0.39, 0.29) is 0 Å². The van der Waals surface area contributed by atoms with E-state index in [1.807, 2.05) is 17.0 Å². The molecule has 0 aliphatic heterocycles. The molecule has 2 rings (SSSR count). The summed E-state index contributed by atoms with van der Waals surface area (Å²) in [6, 6.07) is 1.82. The van der Waals surface area contributed by atoms with Crippen molar-refractivity contribution < 1.29 is 4.57 Å². The van der Waals surface area contributed by atoms with Crippen LogP contribution in [0.4, 0.5) is 5.82 Å². The van der Waals surface area contributed by atoms with Crippen LogP contribution >= 0.6 is 35.0 Å². The number of fused-ring (bicyclic) bond motifs is 1. The molecule has 0 aromatic carbocycles. The molecule has 0 fully saturated rings. The molecule has 2 heterocycles. The van der Waals surface area contributed by atoms with Gasteiger partial charge in [-0.1, -0.05) is 35.4 Å². The minimum atomic E-state index is 0.326. The molecule has 0 saturated heterocycles. The molecule has 21 heavy (non-hydrogen) atoms. The predicted molar refractivity (Wildman–Crippen MR) is 88.4 cm³/mol. The zero-order valence-electron chi connectivity index (χ0n) is 11.1. The normalized spacial score (nSPS) is 9.81. The molecule has 0 bridgehead atoms. The van der Waals surface area contributed by atoms with Crippen LogP contribution in [-0.4, -0.2) is 27.5 Å². The lowest BCUT2D eigenvalue weighted by Gasteiger charge is -1.99. The maximum atomic E-state index is 5.87. The highest BCUT2D eigenvalue weighted by Crippen LogP contribution is 2.24. The molecule has 4 nitrogen and oxygen atoms in total. The van der Waals surface area contributed by atoms with E-state index in [0.717, 1.165) is 16.1 Å². The van der Waals surface area contributed by atoms with E-state index >= 15 is 0 Å². The zero-order valence-corrected chi connectivity index (χ0v) is 13.4. The summed E-state index contributed by atoms with van der Waals surface area (Å²) in [4.78, 5) is 7.55.